The van der Waals surface area contributed by atoms with Crippen molar-refractivity contribution in [1.29, 1.82) is 0 Å². The van der Waals surface area contributed by atoms with Crippen molar-refractivity contribution in [3.05, 3.63) is 47.7 Å². The van der Waals surface area contributed by atoms with Gasteiger partial charge in [-0.15, -0.1) is 0 Å². The summed E-state index contributed by atoms with van der Waals surface area (Å²) in [6, 6.07) is 7.73. The highest BCUT2D eigenvalue weighted by atomic mass is 19.1. The topological polar surface area (TPSA) is 90.5 Å². The predicted octanol–water partition coefficient (Wildman–Crippen LogP) is 2.57. The molecule has 2 bridgehead atoms. The van der Waals surface area contributed by atoms with Gasteiger partial charge in [0.05, 0.1) is 5.69 Å². The number of nitrogens with zero attached hydrogens (tertiary/aromatic N) is 4. The van der Waals surface area contributed by atoms with Crippen LogP contribution in [0, 0.1) is 5.95 Å². The van der Waals surface area contributed by atoms with Crippen molar-refractivity contribution in [3.63, 3.8) is 0 Å². The van der Waals surface area contributed by atoms with E-state index in [2.05, 4.69) is 25.5 Å². The van der Waals surface area contributed by atoms with Crippen LogP contribution in [-0.4, -0.2) is 58.9 Å². The minimum absolute atomic E-state index is 0.0242. The Morgan fingerprint density at radius 2 is 1.94 bits per heavy atom. The third kappa shape index (κ3) is 4.72. The number of carbonyl (C=O) groups is 2. The second-order valence-corrected chi connectivity index (χ2v) is 8.40. The Hall–Kier alpha value is -3.07. The minimum Gasteiger partial charge on any atom is -0.365 e. The maximum atomic E-state index is 14.7. The number of anilines is 2. The zero-order chi connectivity index (χ0) is 22.7. The van der Waals surface area contributed by atoms with Gasteiger partial charge in [-0.3, -0.25) is 14.5 Å². The molecule has 4 rings (SSSR count). The largest absolute Gasteiger partial charge is 0.365 e. The zero-order valence-corrected chi connectivity index (χ0v) is 18.5. The molecule has 0 spiro atoms. The van der Waals surface area contributed by atoms with Crippen LogP contribution in [0.5, 0.6) is 0 Å². The average Bonchev–Trinajstić information content (AvgIpc) is 3.00. The first-order valence-electron chi connectivity index (χ1n) is 11.1. The minimum atomic E-state index is -0.611. The summed E-state index contributed by atoms with van der Waals surface area (Å²) in [4.78, 5) is 36.2. The van der Waals surface area contributed by atoms with E-state index in [9.17, 15) is 14.0 Å². The van der Waals surface area contributed by atoms with Gasteiger partial charge in [-0.2, -0.15) is 4.39 Å². The second-order valence-electron chi connectivity index (χ2n) is 8.40. The highest BCUT2D eigenvalue weighted by molar-refractivity contribution is 5.92. The summed E-state index contributed by atoms with van der Waals surface area (Å²) in [7, 11) is 1.50. The molecule has 2 atom stereocenters. The van der Waals surface area contributed by atoms with E-state index in [-0.39, 0.29) is 11.6 Å². The van der Waals surface area contributed by atoms with E-state index in [0.717, 1.165) is 31.4 Å². The van der Waals surface area contributed by atoms with Gasteiger partial charge in [0.2, 0.25) is 11.9 Å². The van der Waals surface area contributed by atoms with E-state index in [1.807, 2.05) is 24.0 Å². The van der Waals surface area contributed by atoms with Gasteiger partial charge in [-0.25, -0.2) is 9.97 Å². The standard InChI is InChI=1S/C23H29FN6O2/c1-3-4-21(31)28-20-11-15(9-10-26-20)12-30-16-5-6-17(30)14-29(13-16)19-8-7-18(23(32)25-2)27-22(19)24/h7-11,16-17H,3-6,12-14H2,1-2H3,(H,25,32)(H,26,28,31). The number of rotatable bonds is 7. The van der Waals surface area contributed by atoms with E-state index < -0.39 is 11.9 Å². The Labute approximate surface area is 187 Å². The lowest BCUT2D eigenvalue weighted by Gasteiger charge is -2.42. The quantitative estimate of drug-likeness (QED) is 0.643. The van der Waals surface area contributed by atoms with Gasteiger partial charge in [0.15, 0.2) is 0 Å². The summed E-state index contributed by atoms with van der Waals surface area (Å²) >= 11 is 0. The van der Waals surface area contributed by atoms with Crippen LogP contribution in [0.15, 0.2) is 30.5 Å². The average molecular weight is 441 g/mol. The van der Waals surface area contributed by atoms with Crippen LogP contribution in [0.2, 0.25) is 0 Å². The molecule has 2 fully saturated rings. The molecule has 4 heterocycles. The van der Waals surface area contributed by atoms with Crippen LogP contribution >= 0.6 is 0 Å². The van der Waals surface area contributed by atoms with Crippen molar-refractivity contribution in [1.82, 2.24) is 20.2 Å². The van der Waals surface area contributed by atoms with Crippen LogP contribution in [-0.2, 0) is 11.3 Å². The van der Waals surface area contributed by atoms with Crippen LogP contribution in [0.4, 0.5) is 15.9 Å². The van der Waals surface area contributed by atoms with Crippen molar-refractivity contribution in [2.24, 2.45) is 0 Å². The molecule has 8 nitrogen and oxygen atoms in total. The maximum Gasteiger partial charge on any atom is 0.269 e. The smallest absolute Gasteiger partial charge is 0.269 e. The van der Waals surface area contributed by atoms with Gasteiger partial charge in [-0.05, 0) is 49.1 Å². The van der Waals surface area contributed by atoms with Crippen molar-refractivity contribution in [3.8, 4) is 0 Å². The van der Waals surface area contributed by atoms with Crippen molar-refractivity contribution in [2.45, 2.75) is 51.2 Å². The summed E-state index contributed by atoms with van der Waals surface area (Å²) < 4.78 is 14.7. The summed E-state index contributed by atoms with van der Waals surface area (Å²) in [5, 5.41) is 5.32. The molecular weight excluding hydrogens is 411 g/mol. The van der Waals surface area contributed by atoms with Gasteiger partial charge in [0.25, 0.3) is 5.91 Å². The highest BCUT2D eigenvalue weighted by Crippen LogP contribution is 2.34. The third-order valence-electron chi connectivity index (χ3n) is 6.20. The first-order chi connectivity index (χ1) is 15.5. The fourth-order valence-corrected chi connectivity index (χ4v) is 4.65. The molecule has 2 saturated heterocycles. The molecule has 0 saturated carbocycles. The van der Waals surface area contributed by atoms with E-state index in [4.69, 9.17) is 0 Å². The van der Waals surface area contributed by atoms with Gasteiger partial charge in [0.1, 0.15) is 11.5 Å². The third-order valence-corrected chi connectivity index (χ3v) is 6.20. The number of halogens is 1. The van der Waals surface area contributed by atoms with Crippen molar-refractivity contribution < 1.29 is 14.0 Å². The van der Waals surface area contributed by atoms with Crippen LogP contribution in [0.1, 0.15) is 48.7 Å². The number of amides is 2. The van der Waals surface area contributed by atoms with Gasteiger partial charge >= 0.3 is 0 Å². The predicted molar refractivity (Wildman–Crippen MR) is 120 cm³/mol. The number of nitrogens with one attached hydrogen (secondary N) is 2. The first-order valence-corrected chi connectivity index (χ1v) is 11.1. The number of hydrogen-bond donors (Lipinski definition) is 2. The maximum absolute atomic E-state index is 14.7. The molecule has 0 radical (unpaired) electrons. The lowest BCUT2D eigenvalue weighted by molar-refractivity contribution is -0.116. The molecule has 170 valence electrons. The number of piperazine rings is 1. The lowest BCUT2D eigenvalue weighted by atomic mass is 10.1. The van der Waals surface area contributed by atoms with E-state index in [0.29, 0.717) is 43.1 Å². The van der Waals surface area contributed by atoms with Crippen LogP contribution < -0.4 is 15.5 Å². The Morgan fingerprint density at radius 1 is 1.19 bits per heavy atom. The summed E-state index contributed by atoms with van der Waals surface area (Å²) in [6.07, 6.45) is 5.11. The Balaban J connectivity index is 1.43. The monoisotopic (exact) mass is 440 g/mol. The summed E-state index contributed by atoms with van der Waals surface area (Å²) in [6.45, 7) is 4.15. The number of aromatic nitrogens is 2. The molecule has 2 aromatic heterocycles. The van der Waals surface area contributed by atoms with Gasteiger partial charge in [0, 0.05) is 51.4 Å². The normalized spacial score (nSPS) is 20.3. The first kappa shape index (κ1) is 22.1. The Kier molecular flexibility index (Phi) is 6.64. The number of fused-ring (bicyclic) bond motifs is 2. The van der Waals surface area contributed by atoms with E-state index in [1.165, 1.54) is 7.05 Å². The number of pyridine rings is 2. The number of carbonyl (C=O) groups excluding carboxylic acids is 2. The number of hydrogen-bond acceptors (Lipinski definition) is 6. The van der Waals surface area contributed by atoms with Gasteiger partial charge < -0.3 is 15.5 Å². The molecule has 9 heteroatoms. The fraction of sp³-hybridized carbons (Fsp3) is 0.478. The van der Waals surface area contributed by atoms with Crippen molar-refractivity contribution >= 4 is 23.3 Å². The van der Waals surface area contributed by atoms with E-state index in [1.54, 1.807) is 18.3 Å². The SMILES string of the molecule is CCCC(=O)Nc1cc(CN2C3CCC2CN(c2ccc(C(=O)NC)nc2F)C3)ccn1. The molecule has 2 aliphatic heterocycles. The molecule has 0 aliphatic carbocycles. The molecule has 2 unspecified atom stereocenters. The highest BCUT2D eigenvalue weighted by Gasteiger charge is 2.40. The van der Waals surface area contributed by atoms with Crippen LogP contribution in [0.3, 0.4) is 0 Å². The van der Waals surface area contributed by atoms with Crippen LogP contribution in [0.25, 0.3) is 0 Å². The molecular formula is C23H29FN6O2. The second kappa shape index (κ2) is 9.60. The molecule has 2 aliphatic rings. The zero-order valence-electron chi connectivity index (χ0n) is 18.5. The molecule has 2 N–H and O–H groups in total. The van der Waals surface area contributed by atoms with Crippen molar-refractivity contribution in [2.75, 3.05) is 30.4 Å². The summed E-state index contributed by atoms with van der Waals surface area (Å²) in [5.41, 5.74) is 1.62. The molecule has 2 aromatic rings. The lowest BCUT2D eigenvalue weighted by Crippen LogP contribution is -2.53. The Morgan fingerprint density at radius 3 is 2.59 bits per heavy atom. The molecule has 2 amide bonds. The fourth-order valence-electron chi connectivity index (χ4n) is 4.65. The molecule has 0 aromatic carbocycles. The summed E-state index contributed by atoms with van der Waals surface area (Å²) in [5.74, 6) is -0.455. The van der Waals surface area contributed by atoms with E-state index >= 15 is 0 Å². The van der Waals surface area contributed by atoms with Gasteiger partial charge in [-0.1, -0.05) is 6.92 Å². The molecule has 32 heavy (non-hydrogen) atoms. The Bertz CT molecular complexity index is 986.